The van der Waals surface area contributed by atoms with Crippen molar-refractivity contribution in [2.45, 2.75) is 32.9 Å². The summed E-state index contributed by atoms with van der Waals surface area (Å²) in [6.07, 6.45) is 1.16. The molecule has 6 heteroatoms. The Hall–Kier alpha value is -1.14. The molecule has 1 saturated heterocycles. The topological polar surface area (TPSA) is 41.8 Å². The minimum atomic E-state index is 0.470. The summed E-state index contributed by atoms with van der Waals surface area (Å²) in [4.78, 5) is 5.67. The molecule has 0 aliphatic carbocycles. The van der Waals surface area contributed by atoms with Crippen LogP contribution in [-0.4, -0.2) is 44.4 Å². The third kappa shape index (κ3) is 1.63. The first kappa shape index (κ1) is 11.9. The van der Waals surface area contributed by atoms with Crippen molar-refractivity contribution in [3.63, 3.8) is 0 Å². The second-order valence-electron chi connectivity index (χ2n) is 5.10. The third-order valence-corrected chi connectivity index (χ3v) is 4.11. The second-order valence-corrected chi connectivity index (χ2v) is 5.49. The maximum absolute atomic E-state index is 5.50. The van der Waals surface area contributed by atoms with E-state index in [0.29, 0.717) is 6.04 Å². The molecule has 3 heterocycles. The third-order valence-electron chi connectivity index (χ3n) is 3.81. The summed E-state index contributed by atoms with van der Waals surface area (Å²) in [5.74, 6) is 0. The summed E-state index contributed by atoms with van der Waals surface area (Å²) < 4.78 is 5.14. The molecule has 98 valence electrons. The largest absolute Gasteiger partial charge is 0.328 e. The van der Waals surface area contributed by atoms with Crippen molar-refractivity contribution in [1.29, 1.82) is 0 Å². The normalized spacial score (nSPS) is 21.2. The number of likely N-dealkylation sites (N-methyl/N-ethyl adjacent to an activating group) is 1. The van der Waals surface area contributed by atoms with Gasteiger partial charge in [0.25, 0.3) is 0 Å². The van der Waals surface area contributed by atoms with E-state index in [1.165, 1.54) is 0 Å². The molecular weight excluding hydrogens is 246 g/mol. The van der Waals surface area contributed by atoms with Gasteiger partial charge in [0.05, 0.1) is 11.7 Å². The molecule has 1 fully saturated rings. The zero-order chi connectivity index (χ0) is 12.9. The Bertz CT molecular complexity index is 635. The predicted molar refractivity (Wildman–Crippen MR) is 74.5 cm³/mol. The highest BCUT2D eigenvalue weighted by Crippen LogP contribution is 2.27. The molecule has 0 bridgehead atoms. The number of likely N-dealkylation sites (tertiary alicyclic amines) is 1. The van der Waals surface area contributed by atoms with E-state index in [9.17, 15) is 0 Å². The number of nitrogens with zero attached hydrogens (tertiary/aromatic N) is 4. The molecule has 0 saturated carbocycles. The first-order chi connectivity index (χ1) is 8.61. The van der Waals surface area contributed by atoms with Gasteiger partial charge in [0.15, 0.2) is 10.4 Å². The van der Waals surface area contributed by atoms with Crippen LogP contribution in [0.2, 0.25) is 0 Å². The molecule has 2 aromatic heterocycles. The second kappa shape index (κ2) is 4.20. The molecule has 1 unspecified atom stereocenters. The fourth-order valence-corrected chi connectivity index (χ4v) is 3.24. The highest BCUT2D eigenvalue weighted by Gasteiger charge is 2.25. The minimum Gasteiger partial charge on any atom is -0.328 e. The first-order valence-electron chi connectivity index (χ1n) is 6.48. The lowest BCUT2D eigenvalue weighted by Crippen LogP contribution is -2.17. The van der Waals surface area contributed by atoms with E-state index < -0.39 is 0 Å². The summed E-state index contributed by atoms with van der Waals surface area (Å²) in [5, 5.41) is 4.57. The van der Waals surface area contributed by atoms with Crippen LogP contribution in [0.1, 0.15) is 25.1 Å². The number of aryl methyl sites for hydroxylation is 2. The highest BCUT2D eigenvalue weighted by atomic mass is 32.1. The van der Waals surface area contributed by atoms with E-state index in [1.807, 2.05) is 6.92 Å². The summed E-state index contributed by atoms with van der Waals surface area (Å²) in [7, 11) is 2.16. The summed E-state index contributed by atoms with van der Waals surface area (Å²) in [5.41, 5.74) is 3.28. The maximum atomic E-state index is 5.50. The number of hydrogen-bond acceptors (Lipinski definition) is 3. The number of aromatic amines is 1. The number of nitrogens with one attached hydrogen (secondary N) is 1. The lowest BCUT2D eigenvalue weighted by atomic mass is 10.2. The lowest BCUT2D eigenvalue weighted by molar-refractivity contribution is 0.392. The zero-order valence-electron chi connectivity index (χ0n) is 11.1. The SMILES string of the molecule is CCn1nc(C)c2[nH]c(=S)n(C3CCN(C)C3)c21. The van der Waals surface area contributed by atoms with Crippen molar-refractivity contribution in [3.05, 3.63) is 10.5 Å². The van der Waals surface area contributed by atoms with Crippen molar-refractivity contribution < 1.29 is 0 Å². The Balaban J connectivity index is 2.21. The Labute approximate surface area is 111 Å². The van der Waals surface area contributed by atoms with Crippen LogP contribution in [-0.2, 0) is 6.54 Å². The van der Waals surface area contributed by atoms with Crippen molar-refractivity contribution in [2.75, 3.05) is 20.1 Å². The number of hydrogen-bond donors (Lipinski definition) is 1. The van der Waals surface area contributed by atoms with Crippen LogP contribution in [0.15, 0.2) is 0 Å². The quantitative estimate of drug-likeness (QED) is 0.846. The van der Waals surface area contributed by atoms with Crippen molar-refractivity contribution >= 4 is 23.4 Å². The minimum absolute atomic E-state index is 0.470. The van der Waals surface area contributed by atoms with Crippen LogP contribution in [0.3, 0.4) is 0 Å². The molecule has 0 amide bonds. The van der Waals surface area contributed by atoms with Gasteiger partial charge in [-0.3, -0.25) is 4.57 Å². The van der Waals surface area contributed by atoms with E-state index in [0.717, 1.165) is 47.7 Å². The molecule has 1 aliphatic rings. The predicted octanol–water partition coefficient (Wildman–Crippen LogP) is 2.10. The molecular formula is C12H19N5S. The molecule has 0 radical (unpaired) electrons. The molecule has 3 rings (SSSR count). The van der Waals surface area contributed by atoms with Crippen molar-refractivity contribution in [3.8, 4) is 0 Å². The average Bonchev–Trinajstić information content (AvgIpc) is 2.96. The maximum Gasteiger partial charge on any atom is 0.179 e. The Morgan fingerprint density at radius 3 is 2.89 bits per heavy atom. The fourth-order valence-electron chi connectivity index (χ4n) is 2.91. The molecule has 2 aromatic rings. The zero-order valence-corrected chi connectivity index (χ0v) is 11.9. The van der Waals surface area contributed by atoms with Gasteiger partial charge in [-0.15, -0.1) is 0 Å². The average molecular weight is 265 g/mol. The standard InChI is InChI=1S/C12H19N5S/c1-4-16-11-10(8(2)14-16)13-12(18)17(11)9-5-6-15(3)7-9/h9H,4-7H2,1-3H3,(H,13,18). The van der Waals surface area contributed by atoms with Gasteiger partial charge in [-0.2, -0.15) is 5.10 Å². The molecule has 1 atom stereocenters. The molecule has 0 spiro atoms. The van der Waals surface area contributed by atoms with Crippen LogP contribution in [0.5, 0.6) is 0 Å². The van der Waals surface area contributed by atoms with E-state index in [4.69, 9.17) is 12.2 Å². The van der Waals surface area contributed by atoms with E-state index in [2.05, 4.69) is 38.2 Å². The van der Waals surface area contributed by atoms with Gasteiger partial charge in [-0.05, 0) is 46.1 Å². The first-order valence-corrected chi connectivity index (χ1v) is 6.88. The molecule has 5 nitrogen and oxygen atoms in total. The lowest BCUT2D eigenvalue weighted by Gasteiger charge is -2.14. The van der Waals surface area contributed by atoms with E-state index >= 15 is 0 Å². The summed E-state index contributed by atoms with van der Waals surface area (Å²) >= 11 is 5.50. The molecule has 1 N–H and O–H groups in total. The number of fused-ring (bicyclic) bond motifs is 1. The summed E-state index contributed by atoms with van der Waals surface area (Å²) in [6, 6.07) is 0.470. The Morgan fingerprint density at radius 2 is 2.28 bits per heavy atom. The molecule has 0 aromatic carbocycles. The van der Waals surface area contributed by atoms with Crippen molar-refractivity contribution in [2.24, 2.45) is 0 Å². The van der Waals surface area contributed by atoms with Gasteiger partial charge >= 0.3 is 0 Å². The van der Waals surface area contributed by atoms with Crippen LogP contribution in [0.25, 0.3) is 11.2 Å². The van der Waals surface area contributed by atoms with Gasteiger partial charge in [-0.25, -0.2) is 4.68 Å². The van der Waals surface area contributed by atoms with Crippen LogP contribution < -0.4 is 0 Å². The van der Waals surface area contributed by atoms with Crippen LogP contribution in [0, 0.1) is 11.7 Å². The number of H-pyrrole nitrogens is 1. The van der Waals surface area contributed by atoms with Gasteiger partial charge in [0.2, 0.25) is 0 Å². The van der Waals surface area contributed by atoms with E-state index in [-0.39, 0.29) is 0 Å². The van der Waals surface area contributed by atoms with E-state index in [1.54, 1.807) is 0 Å². The monoisotopic (exact) mass is 265 g/mol. The Morgan fingerprint density at radius 1 is 1.50 bits per heavy atom. The summed E-state index contributed by atoms with van der Waals surface area (Å²) in [6.45, 7) is 7.23. The number of imidazole rings is 1. The number of aromatic nitrogens is 4. The smallest absolute Gasteiger partial charge is 0.179 e. The van der Waals surface area contributed by atoms with Gasteiger partial charge in [-0.1, -0.05) is 0 Å². The van der Waals surface area contributed by atoms with Crippen molar-refractivity contribution in [1.82, 2.24) is 24.2 Å². The Kier molecular flexibility index (Phi) is 2.79. The number of rotatable bonds is 2. The van der Waals surface area contributed by atoms with Gasteiger partial charge in [0.1, 0.15) is 5.52 Å². The van der Waals surface area contributed by atoms with Crippen LogP contribution in [0.4, 0.5) is 0 Å². The fraction of sp³-hybridized carbons (Fsp3) is 0.667. The van der Waals surface area contributed by atoms with Gasteiger partial charge < -0.3 is 9.88 Å². The molecule has 18 heavy (non-hydrogen) atoms. The van der Waals surface area contributed by atoms with Crippen LogP contribution >= 0.6 is 12.2 Å². The molecule has 1 aliphatic heterocycles. The highest BCUT2D eigenvalue weighted by molar-refractivity contribution is 7.71. The van der Waals surface area contributed by atoms with Gasteiger partial charge in [0, 0.05) is 13.1 Å².